The summed E-state index contributed by atoms with van der Waals surface area (Å²) >= 11 is 0. The maximum Gasteiger partial charge on any atom is 0.258 e. The molecule has 1 fully saturated rings. The van der Waals surface area contributed by atoms with Gasteiger partial charge in [0.05, 0.1) is 0 Å². The summed E-state index contributed by atoms with van der Waals surface area (Å²) < 4.78 is 5.54. The van der Waals surface area contributed by atoms with Gasteiger partial charge in [0.25, 0.3) is 5.91 Å². The van der Waals surface area contributed by atoms with Crippen LogP contribution in [0.5, 0.6) is 5.75 Å². The summed E-state index contributed by atoms with van der Waals surface area (Å²) in [6.45, 7) is 6.10. The third-order valence-electron chi connectivity index (χ3n) is 4.42. The first-order valence-electron chi connectivity index (χ1n) is 8.30. The molecule has 1 saturated carbocycles. The van der Waals surface area contributed by atoms with E-state index in [-0.39, 0.29) is 29.9 Å². The number of carbonyl (C=O) groups is 2. The van der Waals surface area contributed by atoms with Crippen molar-refractivity contribution in [3.05, 3.63) is 24.3 Å². The molecule has 0 aromatic heterocycles. The van der Waals surface area contributed by atoms with Gasteiger partial charge in [0.2, 0.25) is 5.91 Å². The number of hydrogen-bond donors (Lipinski definition) is 2. The summed E-state index contributed by atoms with van der Waals surface area (Å²) in [5, 5.41) is 5.87. The lowest BCUT2D eigenvalue weighted by molar-refractivity contribution is -0.125. The lowest BCUT2D eigenvalue weighted by Gasteiger charge is -2.28. The van der Waals surface area contributed by atoms with Gasteiger partial charge in [-0.05, 0) is 44.7 Å². The predicted octanol–water partition coefficient (Wildman–Crippen LogP) is 3.11. The molecule has 1 aromatic rings. The topological polar surface area (TPSA) is 67.4 Å². The Kier molecular flexibility index (Phi) is 5.64. The van der Waals surface area contributed by atoms with E-state index in [9.17, 15) is 9.59 Å². The molecule has 0 bridgehead atoms. The Labute approximate surface area is 137 Å². The standard InChI is InChI=1S/C18H26N2O3/c1-4-18(3,5-2)20-16(21)12-23-15-8-6-7-14(11-15)19-17(22)13-9-10-13/h6-8,11,13H,4-5,9-10,12H2,1-3H3,(H,19,22)(H,20,21). The summed E-state index contributed by atoms with van der Waals surface area (Å²) in [4.78, 5) is 23.8. The normalized spacial score (nSPS) is 14.2. The van der Waals surface area contributed by atoms with E-state index in [2.05, 4.69) is 24.5 Å². The quantitative estimate of drug-likeness (QED) is 0.774. The van der Waals surface area contributed by atoms with Gasteiger partial charge in [-0.3, -0.25) is 9.59 Å². The summed E-state index contributed by atoms with van der Waals surface area (Å²) in [6, 6.07) is 7.14. The Morgan fingerprint density at radius 3 is 2.57 bits per heavy atom. The molecule has 1 aromatic carbocycles. The van der Waals surface area contributed by atoms with Crippen LogP contribution in [0.1, 0.15) is 46.5 Å². The number of hydrogen-bond acceptors (Lipinski definition) is 3. The molecular weight excluding hydrogens is 292 g/mol. The molecule has 2 rings (SSSR count). The van der Waals surface area contributed by atoms with Crippen LogP contribution < -0.4 is 15.4 Å². The van der Waals surface area contributed by atoms with Crippen LogP contribution in [0, 0.1) is 5.92 Å². The van der Waals surface area contributed by atoms with Gasteiger partial charge in [0, 0.05) is 23.2 Å². The lowest BCUT2D eigenvalue weighted by atomic mass is 9.96. The maximum absolute atomic E-state index is 12.0. The number of amides is 2. The molecule has 0 saturated heterocycles. The Morgan fingerprint density at radius 2 is 1.96 bits per heavy atom. The Balaban J connectivity index is 1.85. The van der Waals surface area contributed by atoms with Gasteiger partial charge in [-0.2, -0.15) is 0 Å². The summed E-state index contributed by atoms with van der Waals surface area (Å²) in [5.74, 6) is 0.653. The first-order chi connectivity index (χ1) is 11.0. The fourth-order valence-electron chi connectivity index (χ4n) is 2.20. The zero-order valence-corrected chi connectivity index (χ0v) is 14.1. The van der Waals surface area contributed by atoms with Gasteiger partial charge < -0.3 is 15.4 Å². The van der Waals surface area contributed by atoms with Crippen molar-refractivity contribution in [3.63, 3.8) is 0 Å². The van der Waals surface area contributed by atoms with E-state index in [1.807, 2.05) is 13.0 Å². The van der Waals surface area contributed by atoms with E-state index >= 15 is 0 Å². The minimum absolute atomic E-state index is 0.0321. The third kappa shape index (κ3) is 5.27. The average molecular weight is 318 g/mol. The molecule has 1 aliphatic carbocycles. The molecule has 23 heavy (non-hydrogen) atoms. The Morgan fingerprint density at radius 1 is 1.26 bits per heavy atom. The van der Waals surface area contributed by atoms with Crippen molar-refractivity contribution in [3.8, 4) is 5.75 Å². The molecule has 0 heterocycles. The maximum atomic E-state index is 12.0. The highest BCUT2D eigenvalue weighted by atomic mass is 16.5. The number of anilines is 1. The van der Waals surface area contributed by atoms with Crippen molar-refractivity contribution < 1.29 is 14.3 Å². The molecular formula is C18H26N2O3. The molecule has 5 nitrogen and oxygen atoms in total. The minimum atomic E-state index is -0.194. The van der Waals surface area contributed by atoms with E-state index in [0.717, 1.165) is 25.7 Å². The molecule has 2 amide bonds. The van der Waals surface area contributed by atoms with Crippen LogP contribution in [0.3, 0.4) is 0 Å². The van der Waals surface area contributed by atoms with E-state index in [1.54, 1.807) is 18.2 Å². The second kappa shape index (κ2) is 7.49. The van der Waals surface area contributed by atoms with Crippen LogP contribution in [0.4, 0.5) is 5.69 Å². The minimum Gasteiger partial charge on any atom is -0.484 e. The molecule has 0 radical (unpaired) electrons. The van der Waals surface area contributed by atoms with Crippen molar-refractivity contribution >= 4 is 17.5 Å². The van der Waals surface area contributed by atoms with Crippen LogP contribution >= 0.6 is 0 Å². The number of ether oxygens (including phenoxy) is 1. The van der Waals surface area contributed by atoms with Crippen LogP contribution in [0.15, 0.2) is 24.3 Å². The molecule has 0 aliphatic heterocycles. The van der Waals surface area contributed by atoms with Gasteiger partial charge in [0.15, 0.2) is 6.61 Å². The lowest BCUT2D eigenvalue weighted by Crippen LogP contribution is -2.46. The fraction of sp³-hybridized carbons (Fsp3) is 0.556. The van der Waals surface area contributed by atoms with Gasteiger partial charge in [0.1, 0.15) is 5.75 Å². The largest absolute Gasteiger partial charge is 0.484 e. The van der Waals surface area contributed by atoms with E-state index in [4.69, 9.17) is 4.74 Å². The van der Waals surface area contributed by atoms with Crippen molar-refractivity contribution in [2.45, 2.75) is 52.0 Å². The molecule has 0 spiro atoms. The Hall–Kier alpha value is -2.04. The SMILES string of the molecule is CCC(C)(CC)NC(=O)COc1cccc(NC(=O)C2CC2)c1. The second-order valence-electron chi connectivity index (χ2n) is 6.40. The highest BCUT2D eigenvalue weighted by Gasteiger charge is 2.29. The fourth-order valence-corrected chi connectivity index (χ4v) is 2.20. The van der Waals surface area contributed by atoms with Gasteiger partial charge in [-0.1, -0.05) is 19.9 Å². The summed E-state index contributed by atoms with van der Waals surface area (Å²) in [5.41, 5.74) is 0.507. The van der Waals surface area contributed by atoms with Crippen LogP contribution in [0.25, 0.3) is 0 Å². The predicted molar refractivity (Wildman–Crippen MR) is 90.4 cm³/mol. The molecule has 1 aliphatic rings. The van der Waals surface area contributed by atoms with Crippen molar-refractivity contribution in [1.29, 1.82) is 0 Å². The summed E-state index contributed by atoms with van der Waals surface area (Å²) in [7, 11) is 0. The van der Waals surface area contributed by atoms with Crippen LogP contribution in [0.2, 0.25) is 0 Å². The highest BCUT2D eigenvalue weighted by molar-refractivity contribution is 5.94. The Bertz CT molecular complexity index is 563. The zero-order chi connectivity index (χ0) is 16.9. The van der Waals surface area contributed by atoms with E-state index in [0.29, 0.717) is 11.4 Å². The molecule has 5 heteroatoms. The van der Waals surface area contributed by atoms with Gasteiger partial charge in [-0.15, -0.1) is 0 Å². The van der Waals surface area contributed by atoms with Crippen LogP contribution in [-0.4, -0.2) is 24.0 Å². The third-order valence-corrected chi connectivity index (χ3v) is 4.42. The van der Waals surface area contributed by atoms with Gasteiger partial charge in [-0.25, -0.2) is 0 Å². The van der Waals surface area contributed by atoms with Crippen LogP contribution in [-0.2, 0) is 9.59 Å². The number of benzene rings is 1. The number of rotatable bonds is 8. The van der Waals surface area contributed by atoms with Gasteiger partial charge >= 0.3 is 0 Å². The molecule has 2 N–H and O–H groups in total. The first kappa shape index (κ1) is 17.3. The number of nitrogens with one attached hydrogen (secondary N) is 2. The van der Waals surface area contributed by atoms with E-state index < -0.39 is 0 Å². The number of carbonyl (C=O) groups excluding carboxylic acids is 2. The van der Waals surface area contributed by atoms with Crippen molar-refractivity contribution in [1.82, 2.24) is 5.32 Å². The van der Waals surface area contributed by atoms with Crippen molar-refractivity contribution in [2.75, 3.05) is 11.9 Å². The zero-order valence-electron chi connectivity index (χ0n) is 14.1. The first-order valence-corrected chi connectivity index (χ1v) is 8.30. The monoisotopic (exact) mass is 318 g/mol. The second-order valence-corrected chi connectivity index (χ2v) is 6.40. The highest BCUT2D eigenvalue weighted by Crippen LogP contribution is 2.30. The van der Waals surface area contributed by atoms with Crippen molar-refractivity contribution in [2.24, 2.45) is 5.92 Å². The molecule has 126 valence electrons. The van der Waals surface area contributed by atoms with E-state index in [1.165, 1.54) is 0 Å². The smallest absolute Gasteiger partial charge is 0.258 e. The molecule has 0 unspecified atom stereocenters. The molecule has 0 atom stereocenters. The summed E-state index contributed by atoms with van der Waals surface area (Å²) in [6.07, 6.45) is 3.68. The average Bonchev–Trinajstić information content (AvgIpc) is 3.38.